The van der Waals surface area contributed by atoms with Gasteiger partial charge in [-0.2, -0.15) is 0 Å². The highest BCUT2D eigenvalue weighted by atomic mass is 16.6. The number of hydrogen-bond donors (Lipinski definition) is 0. The Morgan fingerprint density at radius 1 is 1.27 bits per heavy atom. The third-order valence-electron chi connectivity index (χ3n) is 3.17. The third kappa shape index (κ3) is 2.64. The lowest BCUT2D eigenvalue weighted by Crippen LogP contribution is -2.24. The van der Waals surface area contributed by atoms with Crippen molar-refractivity contribution in [2.75, 3.05) is 0 Å². The Balaban J connectivity index is 2.60. The van der Waals surface area contributed by atoms with Crippen molar-refractivity contribution in [3.8, 4) is 0 Å². The Labute approximate surface area is 89.0 Å². The second-order valence-electron chi connectivity index (χ2n) is 4.47. The van der Waals surface area contributed by atoms with Gasteiger partial charge in [-0.3, -0.25) is 14.4 Å². The molecule has 0 aromatic rings. The van der Waals surface area contributed by atoms with E-state index in [0.29, 0.717) is 19.3 Å². The van der Waals surface area contributed by atoms with Gasteiger partial charge in [-0.25, -0.2) is 0 Å². The smallest absolute Gasteiger partial charge is 0.316 e. The van der Waals surface area contributed by atoms with Crippen LogP contribution in [0.1, 0.15) is 40.0 Å². The Morgan fingerprint density at radius 3 is 2.27 bits per heavy atom. The fourth-order valence-corrected chi connectivity index (χ4v) is 1.99. The topological polar surface area (TPSA) is 60.4 Å². The minimum atomic E-state index is -0.587. The lowest BCUT2D eigenvalue weighted by molar-refractivity contribution is -0.161. The molecule has 0 saturated heterocycles. The molecule has 84 valence electrons. The molecular weight excluding hydrogens is 196 g/mol. The maximum atomic E-state index is 11.4. The fraction of sp³-hybridized carbons (Fsp3) is 0.727. The molecule has 1 saturated carbocycles. The molecule has 15 heavy (non-hydrogen) atoms. The molecule has 0 heterocycles. The molecule has 1 aliphatic rings. The highest BCUT2D eigenvalue weighted by molar-refractivity contribution is 5.88. The number of hydrogen-bond acceptors (Lipinski definition) is 4. The van der Waals surface area contributed by atoms with Gasteiger partial charge in [0.1, 0.15) is 5.78 Å². The molecule has 0 N–H and O–H groups in total. The SMILES string of the molecule is CC(=O)OC(=O)[C@H]1CC[C@@](C)(C(C)=O)C1. The predicted molar refractivity (Wildman–Crippen MR) is 52.9 cm³/mol. The van der Waals surface area contributed by atoms with Crippen molar-refractivity contribution >= 4 is 17.7 Å². The summed E-state index contributed by atoms with van der Waals surface area (Å²) in [5.41, 5.74) is -0.416. The second-order valence-corrected chi connectivity index (χ2v) is 4.47. The van der Waals surface area contributed by atoms with Crippen LogP contribution in [0.15, 0.2) is 0 Å². The number of ketones is 1. The highest BCUT2D eigenvalue weighted by Crippen LogP contribution is 2.42. The Bertz CT molecular complexity index is 308. The first-order valence-electron chi connectivity index (χ1n) is 5.08. The van der Waals surface area contributed by atoms with Gasteiger partial charge in [0.25, 0.3) is 0 Å². The van der Waals surface area contributed by atoms with Gasteiger partial charge in [-0.05, 0) is 26.2 Å². The minimum Gasteiger partial charge on any atom is -0.393 e. The van der Waals surface area contributed by atoms with Crippen LogP contribution in [-0.2, 0) is 19.1 Å². The molecular formula is C11H16O4. The zero-order valence-corrected chi connectivity index (χ0v) is 9.33. The molecule has 0 aromatic heterocycles. The van der Waals surface area contributed by atoms with E-state index in [1.54, 1.807) is 6.92 Å². The summed E-state index contributed by atoms with van der Waals surface area (Å²) in [6.07, 6.45) is 1.82. The predicted octanol–water partition coefficient (Wildman–Crippen LogP) is 1.47. The lowest BCUT2D eigenvalue weighted by atomic mass is 9.84. The Hall–Kier alpha value is -1.19. The maximum absolute atomic E-state index is 11.4. The zero-order valence-electron chi connectivity index (χ0n) is 9.33. The Morgan fingerprint density at radius 2 is 1.87 bits per heavy atom. The summed E-state index contributed by atoms with van der Waals surface area (Å²) in [6, 6.07) is 0. The van der Waals surface area contributed by atoms with Crippen LogP contribution in [0.2, 0.25) is 0 Å². The molecule has 4 nitrogen and oxygen atoms in total. The first-order chi connectivity index (χ1) is 6.85. The standard InChI is InChI=1S/C11H16O4/c1-7(12)11(3)5-4-9(6-11)10(14)15-8(2)13/h9H,4-6H2,1-3H3/t9-,11+/m0/s1. The van der Waals surface area contributed by atoms with Gasteiger partial charge in [0.15, 0.2) is 0 Å². The van der Waals surface area contributed by atoms with Crippen LogP contribution in [0.3, 0.4) is 0 Å². The van der Waals surface area contributed by atoms with Crippen molar-refractivity contribution in [3.63, 3.8) is 0 Å². The van der Waals surface area contributed by atoms with Crippen molar-refractivity contribution < 1.29 is 19.1 Å². The van der Waals surface area contributed by atoms with Crippen molar-refractivity contribution in [3.05, 3.63) is 0 Å². The number of rotatable bonds is 2. The largest absolute Gasteiger partial charge is 0.393 e. The average Bonchev–Trinajstić information content (AvgIpc) is 2.48. The minimum absolute atomic E-state index is 0.0978. The summed E-state index contributed by atoms with van der Waals surface area (Å²) in [6.45, 7) is 4.60. The van der Waals surface area contributed by atoms with E-state index in [0.717, 1.165) is 0 Å². The fourth-order valence-electron chi connectivity index (χ4n) is 1.99. The van der Waals surface area contributed by atoms with Gasteiger partial charge in [0.2, 0.25) is 0 Å². The van der Waals surface area contributed by atoms with E-state index >= 15 is 0 Å². The molecule has 1 rings (SSSR count). The molecule has 0 amide bonds. The van der Waals surface area contributed by atoms with Crippen LogP contribution in [0.4, 0.5) is 0 Å². The summed E-state index contributed by atoms with van der Waals surface area (Å²) in [4.78, 5) is 33.3. The molecule has 0 aliphatic heterocycles. The maximum Gasteiger partial charge on any atom is 0.316 e. The summed E-state index contributed by atoms with van der Waals surface area (Å²) in [7, 11) is 0. The van der Waals surface area contributed by atoms with E-state index in [-0.39, 0.29) is 11.7 Å². The molecule has 1 aliphatic carbocycles. The number of Topliss-reactive ketones (excluding diaryl/α,β-unsaturated/α-hetero) is 1. The second kappa shape index (κ2) is 4.13. The number of carbonyl (C=O) groups excluding carboxylic acids is 3. The van der Waals surface area contributed by atoms with Crippen LogP contribution >= 0.6 is 0 Å². The third-order valence-corrected chi connectivity index (χ3v) is 3.17. The molecule has 2 atom stereocenters. The van der Waals surface area contributed by atoms with E-state index < -0.39 is 17.4 Å². The van der Waals surface area contributed by atoms with Gasteiger partial charge in [-0.15, -0.1) is 0 Å². The van der Waals surface area contributed by atoms with E-state index in [1.165, 1.54) is 6.92 Å². The van der Waals surface area contributed by atoms with Gasteiger partial charge in [0, 0.05) is 12.3 Å². The van der Waals surface area contributed by atoms with E-state index in [9.17, 15) is 14.4 Å². The lowest BCUT2D eigenvalue weighted by Gasteiger charge is -2.19. The monoisotopic (exact) mass is 212 g/mol. The van der Waals surface area contributed by atoms with Gasteiger partial charge in [-0.1, -0.05) is 6.92 Å². The van der Waals surface area contributed by atoms with Gasteiger partial charge >= 0.3 is 11.9 Å². The first-order valence-corrected chi connectivity index (χ1v) is 5.08. The average molecular weight is 212 g/mol. The molecule has 4 heteroatoms. The number of ether oxygens (including phenoxy) is 1. The van der Waals surface area contributed by atoms with E-state index in [1.807, 2.05) is 6.92 Å². The van der Waals surface area contributed by atoms with Crippen molar-refractivity contribution in [2.45, 2.75) is 40.0 Å². The summed E-state index contributed by atoms with van der Waals surface area (Å²) < 4.78 is 4.52. The summed E-state index contributed by atoms with van der Waals surface area (Å²) in [5.74, 6) is -1.28. The van der Waals surface area contributed by atoms with Gasteiger partial charge < -0.3 is 4.74 Å². The zero-order chi connectivity index (χ0) is 11.6. The molecule has 0 bridgehead atoms. The van der Waals surface area contributed by atoms with Crippen LogP contribution in [0.5, 0.6) is 0 Å². The quantitative estimate of drug-likeness (QED) is 0.513. The van der Waals surface area contributed by atoms with E-state index in [2.05, 4.69) is 4.74 Å². The first kappa shape index (κ1) is 11.9. The Kier molecular flexibility index (Phi) is 3.27. The van der Waals surface area contributed by atoms with Crippen LogP contribution < -0.4 is 0 Å². The van der Waals surface area contributed by atoms with Crippen LogP contribution in [-0.4, -0.2) is 17.7 Å². The van der Waals surface area contributed by atoms with Crippen LogP contribution in [0.25, 0.3) is 0 Å². The van der Waals surface area contributed by atoms with E-state index in [4.69, 9.17) is 0 Å². The molecule has 0 unspecified atom stereocenters. The van der Waals surface area contributed by atoms with Crippen molar-refractivity contribution in [1.29, 1.82) is 0 Å². The summed E-state index contributed by atoms with van der Waals surface area (Å²) in [5, 5.41) is 0. The van der Waals surface area contributed by atoms with Crippen molar-refractivity contribution in [1.82, 2.24) is 0 Å². The molecule has 0 radical (unpaired) electrons. The number of esters is 2. The van der Waals surface area contributed by atoms with Gasteiger partial charge in [0.05, 0.1) is 5.92 Å². The summed E-state index contributed by atoms with van der Waals surface area (Å²) >= 11 is 0. The van der Waals surface area contributed by atoms with Crippen LogP contribution in [0, 0.1) is 11.3 Å². The highest BCUT2D eigenvalue weighted by Gasteiger charge is 2.42. The molecule has 0 spiro atoms. The molecule has 1 fully saturated rings. The normalized spacial score (nSPS) is 29.9. The number of carbonyl (C=O) groups is 3. The molecule has 0 aromatic carbocycles. The van der Waals surface area contributed by atoms with Crippen molar-refractivity contribution in [2.24, 2.45) is 11.3 Å².